The lowest BCUT2D eigenvalue weighted by molar-refractivity contribution is -0.148. The van der Waals surface area contributed by atoms with Crippen LogP contribution in [0.25, 0.3) is 0 Å². The summed E-state index contributed by atoms with van der Waals surface area (Å²) in [4.78, 5) is 46.4. The minimum atomic E-state index is -1.67. The molecule has 3 aliphatic heterocycles. The van der Waals surface area contributed by atoms with Crippen LogP contribution in [0.3, 0.4) is 0 Å². The Labute approximate surface area is 232 Å². The highest BCUT2D eigenvalue weighted by Crippen LogP contribution is 2.55. The highest BCUT2D eigenvalue weighted by Gasteiger charge is 2.58. The van der Waals surface area contributed by atoms with E-state index in [0.717, 1.165) is 44.7 Å². The number of anilines is 1. The molecule has 1 N–H and O–H groups in total. The molecule has 2 saturated heterocycles. The summed E-state index contributed by atoms with van der Waals surface area (Å²) in [6.07, 6.45) is 5.29. The number of likely N-dealkylation sites (N-methyl/N-ethyl adjacent to an activating group) is 1. The minimum absolute atomic E-state index is 0.0922. The molecule has 214 valence electrons. The molecule has 6 rings (SSSR count). The lowest BCUT2D eigenvalue weighted by atomic mass is 9.97. The number of ether oxygens (including phenoxy) is 1. The van der Waals surface area contributed by atoms with E-state index >= 15 is 0 Å². The number of nitrogens with one attached hydrogen (secondary N) is 1. The van der Waals surface area contributed by atoms with Crippen molar-refractivity contribution in [2.75, 3.05) is 25.5 Å². The Kier molecular flexibility index (Phi) is 6.33. The summed E-state index contributed by atoms with van der Waals surface area (Å²) < 4.78 is 34.1. The van der Waals surface area contributed by atoms with E-state index in [0.29, 0.717) is 18.4 Å². The molecule has 4 atom stereocenters. The average Bonchev–Trinajstić information content (AvgIpc) is 3.80. The molecule has 2 spiro atoms. The number of carbonyl (C=O) groups excluding carboxylic acids is 3. The standard InChI is InChI=1S/C29H35F2N5O4/c1-16(2)35-14-28(6-7-28)12-22(35)25(37)34(3)21(8-17-4-5-17)26(38)36-15-29(11-19(36)13-32)27(39)33-24-20(31)9-18(30)10-23(24)40-29/h9-10,16-17,19,21-22H,4-8,11-12,14-15H2,1-3H3,(H,33,39)/t19-,21-,22-,29+/m0/s1. The first-order chi connectivity index (χ1) is 19.0. The molecule has 4 fully saturated rings. The Morgan fingerprint density at radius 3 is 2.58 bits per heavy atom. The van der Waals surface area contributed by atoms with Crippen molar-refractivity contribution in [1.82, 2.24) is 14.7 Å². The number of amides is 3. The number of benzene rings is 1. The van der Waals surface area contributed by atoms with Crippen molar-refractivity contribution in [3.8, 4) is 11.8 Å². The summed E-state index contributed by atoms with van der Waals surface area (Å²) in [6, 6.07) is 1.84. The second-order valence-electron chi connectivity index (χ2n) is 12.8. The topological polar surface area (TPSA) is 106 Å². The van der Waals surface area contributed by atoms with Gasteiger partial charge in [-0.1, -0.05) is 12.8 Å². The SMILES string of the molecule is CC(C)N1CC2(CC2)C[C@H]1C(=O)N(C)[C@@H](CC1CC1)C(=O)N1C[C@@]2(C[C@H]1C#N)Oc1cc(F)cc(F)c1NC2=O. The molecule has 2 aliphatic carbocycles. The Balaban J connectivity index is 1.26. The normalized spacial score (nSPS) is 29.2. The number of likely N-dealkylation sites (tertiary alicyclic amines) is 2. The molecule has 3 heterocycles. The smallest absolute Gasteiger partial charge is 0.270 e. The molecule has 5 aliphatic rings. The van der Waals surface area contributed by atoms with Gasteiger partial charge in [-0.05, 0) is 50.9 Å². The Morgan fingerprint density at radius 1 is 1.23 bits per heavy atom. The summed E-state index contributed by atoms with van der Waals surface area (Å²) in [5, 5.41) is 12.4. The quantitative estimate of drug-likeness (QED) is 0.579. The molecular formula is C29H35F2N5O4. The third-order valence-corrected chi connectivity index (χ3v) is 9.54. The van der Waals surface area contributed by atoms with Crippen molar-refractivity contribution in [2.45, 2.75) is 88.6 Å². The van der Waals surface area contributed by atoms with Gasteiger partial charge >= 0.3 is 0 Å². The van der Waals surface area contributed by atoms with Crippen LogP contribution in [0.4, 0.5) is 14.5 Å². The first-order valence-electron chi connectivity index (χ1n) is 14.2. The van der Waals surface area contributed by atoms with Crippen LogP contribution in [0.1, 0.15) is 58.8 Å². The fourth-order valence-corrected chi connectivity index (χ4v) is 6.77. The van der Waals surface area contributed by atoms with Crippen LogP contribution in [-0.2, 0) is 14.4 Å². The molecule has 0 bridgehead atoms. The van der Waals surface area contributed by atoms with E-state index < -0.39 is 41.1 Å². The summed E-state index contributed by atoms with van der Waals surface area (Å²) in [5.41, 5.74) is -1.74. The molecule has 1 aromatic carbocycles. The zero-order valence-corrected chi connectivity index (χ0v) is 23.1. The molecule has 0 unspecified atom stereocenters. The fraction of sp³-hybridized carbons (Fsp3) is 0.655. The molecule has 1 aromatic rings. The molecule has 9 nitrogen and oxygen atoms in total. The first-order valence-corrected chi connectivity index (χ1v) is 14.2. The summed E-state index contributed by atoms with van der Waals surface area (Å²) in [7, 11) is 1.67. The minimum Gasteiger partial charge on any atom is -0.473 e. The van der Waals surface area contributed by atoms with Gasteiger partial charge in [0.2, 0.25) is 17.4 Å². The van der Waals surface area contributed by atoms with Crippen molar-refractivity contribution in [2.24, 2.45) is 11.3 Å². The molecule has 40 heavy (non-hydrogen) atoms. The maximum absolute atomic E-state index is 14.3. The van der Waals surface area contributed by atoms with Gasteiger partial charge in [-0.15, -0.1) is 0 Å². The molecule has 3 amide bonds. The summed E-state index contributed by atoms with van der Waals surface area (Å²) in [6.45, 7) is 4.79. The Morgan fingerprint density at radius 2 is 1.95 bits per heavy atom. The van der Waals surface area contributed by atoms with E-state index in [4.69, 9.17) is 4.74 Å². The zero-order chi connectivity index (χ0) is 28.6. The number of hydrogen-bond acceptors (Lipinski definition) is 6. The van der Waals surface area contributed by atoms with E-state index in [1.807, 2.05) is 0 Å². The number of halogens is 2. The van der Waals surface area contributed by atoms with Crippen LogP contribution in [0.15, 0.2) is 12.1 Å². The second-order valence-corrected chi connectivity index (χ2v) is 12.8. The van der Waals surface area contributed by atoms with E-state index in [1.165, 1.54) is 4.90 Å². The second kappa shape index (κ2) is 9.40. The molecule has 2 saturated carbocycles. The largest absolute Gasteiger partial charge is 0.473 e. The van der Waals surface area contributed by atoms with Crippen molar-refractivity contribution < 1.29 is 27.9 Å². The van der Waals surface area contributed by atoms with Crippen molar-refractivity contribution in [1.29, 1.82) is 5.26 Å². The van der Waals surface area contributed by atoms with E-state index in [-0.39, 0.29) is 47.8 Å². The third kappa shape index (κ3) is 4.50. The highest BCUT2D eigenvalue weighted by molar-refractivity contribution is 6.02. The van der Waals surface area contributed by atoms with E-state index in [2.05, 4.69) is 30.1 Å². The number of nitrogens with zero attached hydrogens (tertiary/aromatic N) is 4. The van der Waals surface area contributed by atoms with Crippen LogP contribution in [0, 0.1) is 34.3 Å². The Bertz CT molecular complexity index is 1310. The van der Waals surface area contributed by atoms with E-state index in [9.17, 15) is 28.4 Å². The number of fused-ring (bicyclic) bond motifs is 1. The van der Waals surface area contributed by atoms with Gasteiger partial charge in [-0.2, -0.15) is 5.26 Å². The third-order valence-electron chi connectivity index (χ3n) is 9.54. The van der Waals surface area contributed by atoms with Gasteiger partial charge in [0.15, 0.2) is 11.6 Å². The number of hydrogen-bond donors (Lipinski definition) is 1. The molecule has 0 radical (unpaired) electrons. The van der Waals surface area contributed by atoms with Gasteiger partial charge < -0.3 is 19.9 Å². The lowest BCUT2D eigenvalue weighted by Gasteiger charge is -2.37. The van der Waals surface area contributed by atoms with Crippen LogP contribution in [-0.4, -0.2) is 82.3 Å². The lowest BCUT2D eigenvalue weighted by Crippen LogP contribution is -2.57. The summed E-state index contributed by atoms with van der Waals surface area (Å²) in [5.74, 6) is -2.91. The number of carbonyl (C=O) groups is 3. The van der Waals surface area contributed by atoms with Gasteiger partial charge in [-0.3, -0.25) is 19.3 Å². The predicted molar refractivity (Wildman–Crippen MR) is 140 cm³/mol. The van der Waals surface area contributed by atoms with Gasteiger partial charge in [0.1, 0.15) is 23.6 Å². The summed E-state index contributed by atoms with van der Waals surface area (Å²) >= 11 is 0. The van der Waals surface area contributed by atoms with Gasteiger partial charge in [-0.25, -0.2) is 8.78 Å². The maximum atomic E-state index is 14.3. The number of nitriles is 1. The van der Waals surface area contributed by atoms with Gasteiger partial charge in [0.25, 0.3) is 5.91 Å². The van der Waals surface area contributed by atoms with E-state index in [1.54, 1.807) is 11.9 Å². The highest BCUT2D eigenvalue weighted by atomic mass is 19.1. The monoisotopic (exact) mass is 555 g/mol. The zero-order valence-electron chi connectivity index (χ0n) is 23.1. The van der Waals surface area contributed by atoms with Crippen LogP contribution in [0.5, 0.6) is 5.75 Å². The van der Waals surface area contributed by atoms with Crippen LogP contribution < -0.4 is 10.1 Å². The van der Waals surface area contributed by atoms with Crippen molar-refractivity contribution in [3.63, 3.8) is 0 Å². The van der Waals surface area contributed by atoms with Crippen molar-refractivity contribution in [3.05, 3.63) is 23.8 Å². The molecular weight excluding hydrogens is 520 g/mol. The van der Waals surface area contributed by atoms with Crippen LogP contribution in [0.2, 0.25) is 0 Å². The van der Waals surface area contributed by atoms with Crippen molar-refractivity contribution >= 4 is 23.4 Å². The first kappa shape index (κ1) is 26.9. The molecule has 0 aromatic heterocycles. The maximum Gasteiger partial charge on any atom is 0.270 e. The van der Waals surface area contributed by atoms with Gasteiger partial charge in [0.05, 0.1) is 18.7 Å². The number of rotatable bonds is 6. The fourth-order valence-electron chi connectivity index (χ4n) is 6.77. The van der Waals surface area contributed by atoms with Crippen LogP contribution >= 0.6 is 0 Å². The average molecular weight is 556 g/mol. The van der Waals surface area contributed by atoms with Gasteiger partial charge in [0, 0.05) is 38.2 Å². The predicted octanol–water partition coefficient (Wildman–Crippen LogP) is 3.05. The Hall–Kier alpha value is -3.26. The molecule has 11 heteroatoms.